The van der Waals surface area contributed by atoms with Crippen molar-refractivity contribution < 1.29 is 14.3 Å². The van der Waals surface area contributed by atoms with Gasteiger partial charge in [-0.2, -0.15) is 0 Å². The van der Waals surface area contributed by atoms with Crippen LogP contribution in [0.1, 0.15) is 20.3 Å². The summed E-state index contributed by atoms with van der Waals surface area (Å²) in [6, 6.07) is 6.95. The average Bonchev–Trinajstić information content (AvgIpc) is 2.88. The van der Waals surface area contributed by atoms with Gasteiger partial charge in [-0.3, -0.25) is 9.69 Å². The van der Waals surface area contributed by atoms with Crippen molar-refractivity contribution in [3.8, 4) is 0 Å². The number of rotatable bonds is 8. The van der Waals surface area contributed by atoms with Crippen molar-refractivity contribution in [2.45, 2.75) is 26.4 Å². The van der Waals surface area contributed by atoms with Crippen LogP contribution in [0.5, 0.6) is 0 Å². The molecule has 0 bridgehead atoms. The number of anilines is 1. The summed E-state index contributed by atoms with van der Waals surface area (Å²) in [7, 11) is 0. The van der Waals surface area contributed by atoms with Crippen molar-refractivity contribution in [1.82, 2.24) is 10.2 Å². The minimum atomic E-state index is -0.157. The van der Waals surface area contributed by atoms with Gasteiger partial charge < -0.3 is 15.0 Å². The van der Waals surface area contributed by atoms with Crippen LogP contribution < -0.4 is 10.2 Å². The van der Waals surface area contributed by atoms with Gasteiger partial charge in [0, 0.05) is 37.0 Å². The number of carbonyl (C=O) groups excluding carboxylic acids is 2. The molecule has 0 atom stereocenters. The van der Waals surface area contributed by atoms with Crippen molar-refractivity contribution >= 4 is 29.2 Å². The highest BCUT2D eigenvalue weighted by atomic mass is 35.5. The lowest BCUT2D eigenvalue weighted by Crippen LogP contribution is -2.40. The van der Waals surface area contributed by atoms with Crippen LogP contribution in [0.4, 0.5) is 10.5 Å². The van der Waals surface area contributed by atoms with Crippen molar-refractivity contribution in [2.24, 2.45) is 0 Å². The van der Waals surface area contributed by atoms with Crippen LogP contribution in [0, 0.1) is 0 Å². The number of halogens is 1. The SMILES string of the molecule is CC(C)OCCCNC(=O)CN1CCN(c2ccc(Cl)cc2)C1=O. The zero-order chi connectivity index (χ0) is 17.5. The number of carbonyl (C=O) groups is 2. The zero-order valence-corrected chi connectivity index (χ0v) is 14.9. The van der Waals surface area contributed by atoms with Crippen LogP contribution in [-0.2, 0) is 9.53 Å². The monoisotopic (exact) mass is 353 g/mol. The molecule has 0 spiro atoms. The number of urea groups is 1. The van der Waals surface area contributed by atoms with Crippen molar-refractivity contribution in [3.05, 3.63) is 29.3 Å². The normalized spacial score (nSPS) is 14.6. The predicted octanol–water partition coefficient (Wildman–Crippen LogP) is 2.51. The Hall–Kier alpha value is -1.79. The lowest BCUT2D eigenvalue weighted by atomic mass is 10.3. The Kier molecular flexibility index (Phi) is 6.87. The smallest absolute Gasteiger partial charge is 0.325 e. The number of nitrogens with zero attached hydrogens (tertiary/aromatic N) is 2. The van der Waals surface area contributed by atoms with Crippen LogP contribution >= 0.6 is 11.6 Å². The summed E-state index contributed by atoms with van der Waals surface area (Å²) in [5.41, 5.74) is 0.790. The van der Waals surface area contributed by atoms with E-state index in [1.807, 2.05) is 13.8 Å². The molecule has 0 saturated carbocycles. The molecule has 132 valence electrons. The molecule has 0 aromatic heterocycles. The van der Waals surface area contributed by atoms with E-state index in [2.05, 4.69) is 5.32 Å². The summed E-state index contributed by atoms with van der Waals surface area (Å²) in [6.07, 6.45) is 0.955. The van der Waals surface area contributed by atoms with E-state index < -0.39 is 0 Å². The third-order valence-electron chi connectivity index (χ3n) is 3.66. The fourth-order valence-electron chi connectivity index (χ4n) is 2.44. The van der Waals surface area contributed by atoms with Crippen LogP contribution in [0.25, 0.3) is 0 Å². The molecule has 1 heterocycles. The summed E-state index contributed by atoms with van der Waals surface area (Å²) in [5.74, 6) is -0.147. The van der Waals surface area contributed by atoms with Gasteiger partial charge in [-0.25, -0.2) is 4.79 Å². The Morgan fingerprint density at radius 1 is 1.29 bits per heavy atom. The molecular formula is C17H24ClN3O3. The maximum atomic E-state index is 12.4. The Morgan fingerprint density at radius 3 is 2.67 bits per heavy atom. The van der Waals surface area contributed by atoms with Gasteiger partial charge in [-0.05, 0) is 44.5 Å². The molecule has 24 heavy (non-hydrogen) atoms. The Balaban J connectivity index is 1.74. The molecule has 1 fully saturated rings. The second kappa shape index (κ2) is 8.89. The number of benzene rings is 1. The third kappa shape index (κ3) is 5.39. The number of amides is 3. The second-order valence-electron chi connectivity index (χ2n) is 5.96. The van der Waals surface area contributed by atoms with Gasteiger partial charge in [-0.15, -0.1) is 0 Å². The zero-order valence-electron chi connectivity index (χ0n) is 14.1. The first-order chi connectivity index (χ1) is 11.5. The summed E-state index contributed by atoms with van der Waals surface area (Å²) in [6.45, 7) is 6.29. The lowest BCUT2D eigenvalue weighted by molar-refractivity contribution is -0.121. The molecule has 1 N–H and O–H groups in total. The van der Waals surface area contributed by atoms with Crippen molar-refractivity contribution in [1.29, 1.82) is 0 Å². The lowest BCUT2D eigenvalue weighted by Gasteiger charge is -2.18. The Morgan fingerprint density at radius 2 is 2.00 bits per heavy atom. The minimum Gasteiger partial charge on any atom is -0.379 e. The molecule has 6 nitrogen and oxygen atoms in total. The quantitative estimate of drug-likeness (QED) is 0.730. The number of nitrogens with one attached hydrogen (secondary N) is 1. The predicted molar refractivity (Wildman–Crippen MR) is 94.5 cm³/mol. The van der Waals surface area contributed by atoms with E-state index in [1.54, 1.807) is 34.1 Å². The van der Waals surface area contributed by atoms with E-state index in [0.29, 0.717) is 31.3 Å². The first-order valence-corrected chi connectivity index (χ1v) is 8.55. The summed E-state index contributed by atoms with van der Waals surface area (Å²) in [5, 5.41) is 3.44. The standard InChI is InChI=1S/C17H24ClN3O3/c1-13(2)24-11-3-8-19-16(22)12-20-9-10-21(17(20)23)15-6-4-14(18)5-7-15/h4-7,13H,3,8-12H2,1-2H3,(H,19,22). The fraction of sp³-hybridized carbons (Fsp3) is 0.529. The number of ether oxygens (including phenoxy) is 1. The fourth-order valence-corrected chi connectivity index (χ4v) is 2.56. The first kappa shape index (κ1) is 18.5. The molecule has 0 radical (unpaired) electrons. The molecule has 0 aliphatic carbocycles. The molecule has 1 aliphatic heterocycles. The molecule has 1 aliphatic rings. The van der Waals surface area contributed by atoms with E-state index in [-0.39, 0.29) is 24.6 Å². The highest BCUT2D eigenvalue weighted by Crippen LogP contribution is 2.22. The molecule has 0 unspecified atom stereocenters. The van der Waals surface area contributed by atoms with Gasteiger partial charge in [0.2, 0.25) is 5.91 Å². The van der Waals surface area contributed by atoms with E-state index in [4.69, 9.17) is 16.3 Å². The maximum Gasteiger partial charge on any atom is 0.325 e. The number of hydrogen-bond donors (Lipinski definition) is 1. The molecule has 1 aromatic rings. The van der Waals surface area contributed by atoms with Crippen molar-refractivity contribution in [2.75, 3.05) is 37.7 Å². The van der Waals surface area contributed by atoms with Crippen LogP contribution in [0.3, 0.4) is 0 Å². The van der Waals surface area contributed by atoms with Gasteiger partial charge in [0.05, 0.1) is 6.10 Å². The molecule has 2 rings (SSSR count). The molecule has 7 heteroatoms. The molecule has 3 amide bonds. The minimum absolute atomic E-state index is 0.0773. The molecular weight excluding hydrogens is 330 g/mol. The third-order valence-corrected chi connectivity index (χ3v) is 3.91. The van der Waals surface area contributed by atoms with Gasteiger partial charge in [0.15, 0.2) is 0 Å². The average molecular weight is 354 g/mol. The molecule has 1 saturated heterocycles. The van der Waals surface area contributed by atoms with E-state index in [1.165, 1.54) is 0 Å². The first-order valence-electron chi connectivity index (χ1n) is 8.17. The summed E-state index contributed by atoms with van der Waals surface area (Å²) in [4.78, 5) is 27.5. The van der Waals surface area contributed by atoms with Crippen LogP contribution in [0.15, 0.2) is 24.3 Å². The van der Waals surface area contributed by atoms with Crippen molar-refractivity contribution in [3.63, 3.8) is 0 Å². The number of hydrogen-bond acceptors (Lipinski definition) is 3. The molecule has 1 aromatic carbocycles. The second-order valence-corrected chi connectivity index (χ2v) is 6.39. The highest BCUT2D eigenvalue weighted by Gasteiger charge is 2.30. The van der Waals surface area contributed by atoms with E-state index in [0.717, 1.165) is 12.1 Å². The van der Waals surface area contributed by atoms with Gasteiger partial charge in [-0.1, -0.05) is 11.6 Å². The van der Waals surface area contributed by atoms with E-state index in [9.17, 15) is 9.59 Å². The highest BCUT2D eigenvalue weighted by molar-refractivity contribution is 6.30. The largest absolute Gasteiger partial charge is 0.379 e. The van der Waals surface area contributed by atoms with Gasteiger partial charge in [0.1, 0.15) is 6.54 Å². The van der Waals surface area contributed by atoms with Crippen LogP contribution in [0.2, 0.25) is 5.02 Å². The summed E-state index contributed by atoms with van der Waals surface area (Å²) >= 11 is 5.86. The topological polar surface area (TPSA) is 61.9 Å². The Labute approximate surface area is 147 Å². The maximum absolute atomic E-state index is 12.4. The van der Waals surface area contributed by atoms with E-state index >= 15 is 0 Å². The van der Waals surface area contributed by atoms with Crippen LogP contribution in [-0.4, -0.2) is 55.7 Å². The summed E-state index contributed by atoms with van der Waals surface area (Å²) < 4.78 is 5.41. The Bertz CT molecular complexity index is 563. The van der Waals surface area contributed by atoms with Gasteiger partial charge in [0.25, 0.3) is 0 Å². The van der Waals surface area contributed by atoms with Gasteiger partial charge >= 0.3 is 6.03 Å².